The van der Waals surface area contributed by atoms with Crippen LogP contribution in [0.15, 0.2) is 84.4 Å². The molecule has 6 unspecified atom stereocenters. The molecule has 0 bridgehead atoms. The minimum atomic E-state index is -1.55. The molecule has 212 valence electrons. The lowest BCUT2D eigenvalue weighted by molar-refractivity contribution is -0.173. The number of phenolic OH excluding ortho intramolecular Hbond substituents is 1. The van der Waals surface area contributed by atoms with Crippen LogP contribution in [-0.2, 0) is 24.6 Å². The molecular formula is C32H24ClFN2O6. The molecule has 42 heavy (non-hydrogen) atoms. The number of allylic oxidation sites excluding steroid dienone is 2. The van der Waals surface area contributed by atoms with Gasteiger partial charge in [-0.2, -0.15) is 5.06 Å². The third-order valence-corrected chi connectivity index (χ3v) is 9.68. The highest BCUT2D eigenvalue weighted by molar-refractivity contribution is 6.32. The summed E-state index contributed by atoms with van der Waals surface area (Å²) in [5.41, 5.74) is 0.216. The zero-order chi connectivity index (χ0) is 29.5. The zero-order valence-electron chi connectivity index (χ0n) is 22.0. The SMILES string of the molecule is O=C1C2CC=C3C(CC4C(=O)N(c5cccc(Cl)c5)C(=O)C4(c4ccccc4)C3c3ccc(O)c(F)c3)C2C(=O)N1O. The van der Waals surface area contributed by atoms with E-state index in [0.717, 1.165) is 11.0 Å². The fourth-order valence-corrected chi connectivity index (χ4v) is 7.99. The van der Waals surface area contributed by atoms with Crippen LogP contribution in [-0.4, -0.2) is 39.0 Å². The Kier molecular flexibility index (Phi) is 5.90. The topological polar surface area (TPSA) is 115 Å². The van der Waals surface area contributed by atoms with E-state index in [2.05, 4.69) is 0 Å². The number of hydrogen-bond donors (Lipinski definition) is 2. The second-order valence-electron chi connectivity index (χ2n) is 11.3. The number of carbonyl (C=O) groups is 4. The van der Waals surface area contributed by atoms with Gasteiger partial charge < -0.3 is 5.11 Å². The van der Waals surface area contributed by atoms with Gasteiger partial charge in [0.05, 0.1) is 28.9 Å². The van der Waals surface area contributed by atoms with Gasteiger partial charge in [0.15, 0.2) is 11.6 Å². The summed E-state index contributed by atoms with van der Waals surface area (Å²) >= 11 is 6.26. The van der Waals surface area contributed by atoms with Crippen molar-refractivity contribution in [2.75, 3.05) is 4.90 Å². The van der Waals surface area contributed by atoms with Crippen LogP contribution in [0.5, 0.6) is 5.75 Å². The Labute approximate surface area is 244 Å². The average Bonchev–Trinajstić information content (AvgIpc) is 3.35. The van der Waals surface area contributed by atoms with E-state index in [1.54, 1.807) is 54.6 Å². The van der Waals surface area contributed by atoms with Crippen molar-refractivity contribution in [2.45, 2.75) is 24.2 Å². The summed E-state index contributed by atoms with van der Waals surface area (Å²) in [6.07, 6.45) is 1.98. The third kappa shape index (κ3) is 3.44. The van der Waals surface area contributed by atoms with Crippen LogP contribution in [0.25, 0.3) is 0 Å². The molecule has 7 rings (SSSR count). The van der Waals surface area contributed by atoms with Crippen molar-refractivity contribution in [3.8, 4) is 5.75 Å². The van der Waals surface area contributed by atoms with Crippen molar-refractivity contribution in [1.82, 2.24) is 5.06 Å². The Hall–Kier alpha value is -4.34. The van der Waals surface area contributed by atoms with Crippen molar-refractivity contribution in [1.29, 1.82) is 0 Å². The van der Waals surface area contributed by atoms with Crippen LogP contribution in [0, 0.1) is 29.5 Å². The number of carbonyl (C=O) groups excluding carboxylic acids is 4. The molecule has 3 fully saturated rings. The Bertz CT molecular complexity index is 1730. The van der Waals surface area contributed by atoms with Crippen molar-refractivity contribution in [3.05, 3.63) is 106 Å². The minimum Gasteiger partial charge on any atom is -0.505 e. The van der Waals surface area contributed by atoms with Crippen molar-refractivity contribution >= 4 is 40.9 Å². The molecule has 3 aromatic carbocycles. The zero-order valence-corrected chi connectivity index (χ0v) is 22.7. The van der Waals surface area contributed by atoms with E-state index < -0.39 is 70.2 Å². The first-order valence-electron chi connectivity index (χ1n) is 13.6. The monoisotopic (exact) mass is 586 g/mol. The van der Waals surface area contributed by atoms with E-state index in [1.165, 1.54) is 18.2 Å². The van der Waals surface area contributed by atoms with Gasteiger partial charge in [0.1, 0.15) is 0 Å². The summed E-state index contributed by atoms with van der Waals surface area (Å²) in [6, 6.07) is 19.1. The van der Waals surface area contributed by atoms with Gasteiger partial charge in [-0.15, -0.1) is 0 Å². The molecule has 6 atom stereocenters. The van der Waals surface area contributed by atoms with E-state index in [4.69, 9.17) is 11.6 Å². The number of hydrogen-bond acceptors (Lipinski definition) is 6. The summed E-state index contributed by atoms with van der Waals surface area (Å²) in [6.45, 7) is 0. The molecule has 0 spiro atoms. The Morgan fingerprint density at radius 3 is 2.36 bits per heavy atom. The van der Waals surface area contributed by atoms with Crippen LogP contribution in [0.3, 0.4) is 0 Å². The van der Waals surface area contributed by atoms with Gasteiger partial charge in [0.2, 0.25) is 11.8 Å². The van der Waals surface area contributed by atoms with E-state index in [1.807, 2.05) is 0 Å². The first-order valence-corrected chi connectivity index (χ1v) is 14.0. The lowest BCUT2D eigenvalue weighted by atomic mass is 9.49. The number of nitrogens with zero attached hydrogens (tertiary/aromatic N) is 2. The van der Waals surface area contributed by atoms with Crippen molar-refractivity contribution < 1.29 is 33.9 Å². The Morgan fingerprint density at radius 2 is 1.64 bits per heavy atom. The summed E-state index contributed by atoms with van der Waals surface area (Å²) in [5, 5.41) is 20.8. The van der Waals surface area contributed by atoms with Gasteiger partial charge >= 0.3 is 0 Å². The van der Waals surface area contributed by atoms with Gasteiger partial charge in [-0.1, -0.05) is 65.7 Å². The fraction of sp³-hybridized carbons (Fsp3) is 0.250. The first-order chi connectivity index (χ1) is 20.2. The highest BCUT2D eigenvalue weighted by Crippen LogP contribution is 2.64. The van der Waals surface area contributed by atoms with Gasteiger partial charge in [-0.3, -0.25) is 24.4 Å². The van der Waals surface area contributed by atoms with Crippen LogP contribution >= 0.6 is 11.6 Å². The molecule has 3 aromatic rings. The number of imide groups is 2. The minimum absolute atomic E-state index is 0.0491. The first kappa shape index (κ1) is 26.6. The maximum Gasteiger partial charge on any atom is 0.257 e. The predicted molar refractivity (Wildman–Crippen MR) is 148 cm³/mol. The van der Waals surface area contributed by atoms with E-state index in [0.29, 0.717) is 21.7 Å². The van der Waals surface area contributed by atoms with Gasteiger partial charge in [0.25, 0.3) is 11.8 Å². The summed E-state index contributed by atoms with van der Waals surface area (Å²) in [4.78, 5) is 56.4. The molecule has 2 saturated heterocycles. The maximum absolute atomic E-state index is 15.0. The van der Waals surface area contributed by atoms with Crippen LogP contribution in [0.1, 0.15) is 29.9 Å². The molecule has 10 heteroatoms. The molecule has 1 saturated carbocycles. The molecule has 2 heterocycles. The summed E-state index contributed by atoms with van der Waals surface area (Å²) < 4.78 is 15.0. The molecule has 2 N–H and O–H groups in total. The van der Waals surface area contributed by atoms with Crippen molar-refractivity contribution in [3.63, 3.8) is 0 Å². The Balaban J connectivity index is 1.52. The van der Waals surface area contributed by atoms with Crippen molar-refractivity contribution in [2.24, 2.45) is 23.7 Å². The number of halogens is 2. The standard InChI is InChI=1S/C32H24ClFN2O6/c33-18-7-4-8-19(14-18)35-29(39)23-15-22-20(10-11-21-26(22)30(40)36(42)28(21)38)27(16-9-12-25(37)24(34)13-16)32(23,31(35)41)17-5-2-1-3-6-17/h1-10,12-14,21-23,26-27,37,42H,11,15H2. The van der Waals surface area contributed by atoms with Crippen LogP contribution < -0.4 is 4.90 Å². The maximum atomic E-state index is 15.0. The van der Waals surface area contributed by atoms with Crippen LogP contribution in [0.2, 0.25) is 5.02 Å². The number of benzene rings is 3. The normalized spacial score (nSPS) is 30.3. The summed E-state index contributed by atoms with van der Waals surface area (Å²) in [7, 11) is 0. The molecule has 8 nitrogen and oxygen atoms in total. The molecule has 4 aliphatic rings. The van der Waals surface area contributed by atoms with Crippen LogP contribution in [0.4, 0.5) is 10.1 Å². The molecule has 0 aromatic heterocycles. The fourth-order valence-electron chi connectivity index (χ4n) is 7.80. The van der Waals surface area contributed by atoms with Gasteiger partial charge in [-0.05, 0) is 60.2 Å². The predicted octanol–water partition coefficient (Wildman–Crippen LogP) is 4.74. The lowest BCUT2D eigenvalue weighted by Crippen LogP contribution is -2.53. The number of aromatic hydroxyl groups is 1. The molecular weight excluding hydrogens is 563 g/mol. The van der Waals surface area contributed by atoms with E-state index in [-0.39, 0.29) is 23.6 Å². The highest BCUT2D eigenvalue weighted by atomic mass is 35.5. The summed E-state index contributed by atoms with van der Waals surface area (Å²) in [5.74, 6) is -8.35. The van der Waals surface area contributed by atoms with Gasteiger partial charge in [0, 0.05) is 10.9 Å². The number of phenols is 1. The second-order valence-corrected chi connectivity index (χ2v) is 11.7. The number of fused-ring (bicyclic) bond motifs is 4. The second kappa shape index (κ2) is 9.34. The smallest absolute Gasteiger partial charge is 0.257 e. The average molecular weight is 587 g/mol. The largest absolute Gasteiger partial charge is 0.505 e. The Morgan fingerprint density at radius 1 is 0.881 bits per heavy atom. The molecule has 2 aliphatic heterocycles. The number of anilines is 1. The quantitative estimate of drug-likeness (QED) is 0.260. The molecule has 2 aliphatic carbocycles. The molecule has 4 amide bonds. The number of amides is 4. The molecule has 0 radical (unpaired) electrons. The van der Waals surface area contributed by atoms with E-state index >= 15 is 0 Å². The van der Waals surface area contributed by atoms with Gasteiger partial charge in [-0.25, -0.2) is 9.29 Å². The number of rotatable bonds is 3. The third-order valence-electron chi connectivity index (χ3n) is 9.45. The number of hydroxylamine groups is 2. The lowest BCUT2D eigenvalue weighted by Gasteiger charge is -2.50. The van der Waals surface area contributed by atoms with E-state index in [9.17, 15) is 33.9 Å². The highest BCUT2D eigenvalue weighted by Gasteiger charge is 2.70.